The van der Waals surface area contributed by atoms with Gasteiger partial charge in [0.2, 0.25) is 6.67 Å². The van der Waals surface area contributed by atoms with Crippen molar-refractivity contribution in [1.29, 1.82) is 0 Å². The standard InChI is InChI=1S/C8H17N3O/c1-3-11(12)8-10-6-4-9(2)5-7-10/h3H,4-8H2,1-2H3/b11-3-. The van der Waals surface area contributed by atoms with Crippen LogP contribution in [0.1, 0.15) is 6.92 Å². The SMILES string of the molecule is C/C=[N+](\[O-])CN1CCN(C)CC1. The molecule has 0 aliphatic carbocycles. The van der Waals surface area contributed by atoms with E-state index in [2.05, 4.69) is 16.8 Å². The smallest absolute Gasteiger partial charge is 0.209 e. The van der Waals surface area contributed by atoms with Crippen LogP contribution in [0.25, 0.3) is 0 Å². The third kappa shape index (κ3) is 2.79. The van der Waals surface area contributed by atoms with E-state index in [0.717, 1.165) is 30.9 Å². The van der Waals surface area contributed by atoms with E-state index in [-0.39, 0.29) is 0 Å². The summed E-state index contributed by atoms with van der Waals surface area (Å²) in [5.74, 6) is 0. The molecule has 1 rings (SSSR count). The van der Waals surface area contributed by atoms with Gasteiger partial charge in [-0.15, -0.1) is 0 Å². The number of hydrogen-bond acceptors (Lipinski definition) is 3. The Labute approximate surface area is 73.7 Å². The summed E-state index contributed by atoms with van der Waals surface area (Å²) in [7, 11) is 2.11. The summed E-state index contributed by atoms with van der Waals surface area (Å²) in [4.78, 5) is 4.45. The van der Waals surface area contributed by atoms with E-state index in [1.54, 1.807) is 13.1 Å². The monoisotopic (exact) mass is 171 g/mol. The summed E-state index contributed by atoms with van der Waals surface area (Å²) in [5.41, 5.74) is 0. The highest BCUT2D eigenvalue weighted by Crippen LogP contribution is 1.97. The first kappa shape index (κ1) is 9.48. The zero-order chi connectivity index (χ0) is 8.97. The summed E-state index contributed by atoms with van der Waals surface area (Å²) in [5, 5.41) is 11.0. The van der Waals surface area contributed by atoms with Gasteiger partial charge in [-0.05, 0) is 7.05 Å². The molecule has 1 heterocycles. The molecule has 4 heteroatoms. The fraction of sp³-hybridized carbons (Fsp3) is 0.875. The minimum Gasteiger partial charge on any atom is -0.623 e. The predicted octanol–water partition coefficient (Wildman–Crippen LogP) is -0.208. The van der Waals surface area contributed by atoms with Gasteiger partial charge in [0.15, 0.2) is 0 Å². The Morgan fingerprint density at radius 2 is 1.92 bits per heavy atom. The van der Waals surface area contributed by atoms with Crippen LogP contribution in [-0.2, 0) is 0 Å². The first-order valence-electron chi connectivity index (χ1n) is 4.36. The molecule has 0 amide bonds. The lowest BCUT2D eigenvalue weighted by molar-refractivity contribution is -0.479. The Morgan fingerprint density at radius 3 is 2.42 bits per heavy atom. The zero-order valence-electron chi connectivity index (χ0n) is 7.86. The minimum atomic E-state index is 0.518. The molecule has 70 valence electrons. The Bertz CT molecular complexity index is 162. The van der Waals surface area contributed by atoms with E-state index < -0.39 is 0 Å². The van der Waals surface area contributed by atoms with Crippen LogP contribution >= 0.6 is 0 Å². The maximum absolute atomic E-state index is 11.0. The van der Waals surface area contributed by atoms with Crippen molar-refractivity contribution in [3.63, 3.8) is 0 Å². The van der Waals surface area contributed by atoms with Crippen molar-refractivity contribution in [2.24, 2.45) is 0 Å². The molecule has 0 atom stereocenters. The number of hydroxylamine groups is 1. The van der Waals surface area contributed by atoms with Crippen molar-refractivity contribution in [2.45, 2.75) is 6.92 Å². The Morgan fingerprint density at radius 1 is 1.33 bits per heavy atom. The van der Waals surface area contributed by atoms with Crippen LogP contribution in [0.5, 0.6) is 0 Å². The number of nitrogens with zero attached hydrogens (tertiary/aromatic N) is 3. The number of hydrogen-bond donors (Lipinski definition) is 0. The molecule has 1 aliphatic rings. The van der Waals surface area contributed by atoms with Crippen LogP contribution in [0, 0.1) is 5.21 Å². The first-order chi connectivity index (χ1) is 5.72. The van der Waals surface area contributed by atoms with Crippen molar-refractivity contribution in [1.82, 2.24) is 9.80 Å². The Kier molecular flexibility index (Phi) is 3.49. The molecule has 0 aromatic rings. The average molecular weight is 171 g/mol. The van der Waals surface area contributed by atoms with E-state index >= 15 is 0 Å². The van der Waals surface area contributed by atoms with Gasteiger partial charge in [-0.25, -0.2) is 9.64 Å². The molecule has 1 aliphatic heterocycles. The average Bonchev–Trinajstić information content (AvgIpc) is 2.09. The summed E-state index contributed by atoms with van der Waals surface area (Å²) < 4.78 is 0.978. The van der Waals surface area contributed by atoms with Crippen molar-refractivity contribution in [2.75, 3.05) is 39.9 Å². The lowest BCUT2D eigenvalue weighted by Crippen LogP contribution is -2.46. The van der Waals surface area contributed by atoms with Crippen LogP contribution in [0.4, 0.5) is 0 Å². The van der Waals surface area contributed by atoms with Crippen LogP contribution in [0.15, 0.2) is 0 Å². The lowest BCUT2D eigenvalue weighted by Gasteiger charge is -2.30. The highest BCUT2D eigenvalue weighted by atomic mass is 16.5. The Hall–Kier alpha value is -0.610. The van der Waals surface area contributed by atoms with E-state index in [4.69, 9.17) is 0 Å². The molecule has 12 heavy (non-hydrogen) atoms. The number of piperazine rings is 1. The van der Waals surface area contributed by atoms with E-state index in [0.29, 0.717) is 6.67 Å². The summed E-state index contributed by atoms with van der Waals surface area (Å²) in [6, 6.07) is 0. The molecule has 0 radical (unpaired) electrons. The van der Waals surface area contributed by atoms with Crippen molar-refractivity contribution in [3.05, 3.63) is 5.21 Å². The number of likely N-dealkylation sites (N-methyl/N-ethyl adjacent to an activating group) is 1. The second-order valence-corrected chi connectivity index (χ2v) is 3.24. The van der Waals surface area contributed by atoms with E-state index in [1.165, 1.54) is 0 Å². The van der Waals surface area contributed by atoms with E-state index in [9.17, 15) is 5.21 Å². The third-order valence-electron chi connectivity index (χ3n) is 2.22. The van der Waals surface area contributed by atoms with Gasteiger partial charge in [0.1, 0.15) is 6.21 Å². The molecule has 0 aromatic heterocycles. The molecule has 1 saturated heterocycles. The van der Waals surface area contributed by atoms with Gasteiger partial charge in [0, 0.05) is 33.1 Å². The number of rotatable bonds is 2. The molecule has 0 unspecified atom stereocenters. The summed E-state index contributed by atoms with van der Waals surface area (Å²) >= 11 is 0. The summed E-state index contributed by atoms with van der Waals surface area (Å²) in [6.45, 7) is 6.43. The zero-order valence-corrected chi connectivity index (χ0v) is 7.86. The normalized spacial score (nSPS) is 23.0. The third-order valence-corrected chi connectivity index (χ3v) is 2.22. The van der Waals surface area contributed by atoms with Gasteiger partial charge in [-0.1, -0.05) is 0 Å². The molecule has 1 fully saturated rings. The molecular weight excluding hydrogens is 154 g/mol. The lowest BCUT2D eigenvalue weighted by atomic mass is 10.3. The maximum Gasteiger partial charge on any atom is 0.209 e. The van der Waals surface area contributed by atoms with Gasteiger partial charge in [-0.3, -0.25) is 0 Å². The molecule has 0 aromatic carbocycles. The molecule has 4 nitrogen and oxygen atoms in total. The summed E-state index contributed by atoms with van der Waals surface area (Å²) in [6.07, 6.45) is 1.57. The van der Waals surface area contributed by atoms with Gasteiger partial charge in [0.05, 0.1) is 0 Å². The second-order valence-electron chi connectivity index (χ2n) is 3.24. The van der Waals surface area contributed by atoms with Crippen LogP contribution in [0.2, 0.25) is 0 Å². The van der Waals surface area contributed by atoms with Gasteiger partial charge in [-0.2, -0.15) is 0 Å². The first-order valence-corrected chi connectivity index (χ1v) is 4.36. The minimum absolute atomic E-state index is 0.518. The van der Waals surface area contributed by atoms with Gasteiger partial charge >= 0.3 is 0 Å². The molecule has 0 N–H and O–H groups in total. The topological polar surface area (TPSA) is 32.6 Å². The van der Waals surface area contributed by atoms with Crippen molar-refractivity contribution >= 4 is 6.21 Å². The molecule has 0 spiro atoms. The quantitative estimate of drug-likeness (QED) is 0.249. The van der Waals surface area contributed by atoms with Crippen LogP contribution in [-0.4, -0.2) is 60.6 Å². The fourth-order valence-corrected chi connectivity index (χ4v) is 1.27. The van der Waals surface area contributed by atoms with Crippen LogP contribution in [0.3, 0.4) is 0 Å². The van der Waals surface area contributed by atoms with Crippen LogP contribution < -0.4 is 0 Å². The Balaban J connectivity index is 2.26. The predicted molar refractivity (Wildman–Crippen MR) is 49.3 cm³/mol. The largest absolute Gasteiger partial charge is 0.623 e. The van der Waals surface area contributed by atoms with Crippen molar-refractivity contribution in [3.8, 4) is 0 Å². The highest BCUT2D eigenvalue weighted by molar-refractivity contribution is 5.46. The molecule has 0 saturated carbocycles. The van der Waals surface area contributed by atoms with Gasteiger partial charge in [0.25, 0.3) is 0 Å². The molecular formula is C8H17N3O. The molecule has 0 bridgehead atoms. The second kappa shape index (κ2) is 4.42. The van der Waals surface area contributed by atoms with Crippen molar-refractivity contribution < 1.29 is 4.74 Å². The highest BCUT2D eigenvalue weighted by Gasteiger charge is 2.15. The fourth-order valence-electron chi connectivity index (χ4n) is 1.27. The van der Waals surface area contributed by atoms with E-state index in [1.807, 2.05) is 0 Å². The van der Waals surface area contributed by atoms with Gasteiger partial charge < -0.3 is 10.1 Å². The maximum atomic E-state index is 11.0.